The molecule has 2 aromatic rings. The van der Waals surface area contributed by atoms with Gasteiger partial charge >= 0.3 is 0 Å². The van der Waals surface area contributed by atoms with Crippen molar-refractivity contribution in [1.29, 1.82) is 0 Å². The minimum atomic E-state index is -0.410. The van der Waals surface area contributed by atoms with Gasteiger partial charge in [0.25, 0.3) is 0 Å². The molecular formula is C13H16N4O. The fraction of sp³-hybridized carbons (Fsp3) is 0.231. The molecule has 4 N–H and O–H groups in total. The number of aryl methyl sites for hydroxylation is 1. The van der Waals surface area contributed by atoms with Gasteiger partial charge in [0.05, 0.1) is 18.6 Å². The summed E-state index contributed by atoms with van der Waals surface area (Å²) in [5.41, 5.74) is 9.60. The summed E-state index contributed by atoms with van der Waals surface area (Å²) in [6.07, 6.45) is 1.67. The van der Waals surface area contributed by atoms with Crippen molar-refractivity contribution in [2.45, 2.75) is 20.4 Å². The van der Waals surface area contributed by atoms with E-state index in [-0.39, 0.29) is 0 Å². The number of imidazole rings is 1. The van der Waals surface area contributed by atoms with E-state index in [1.54, 1.807) is 12.4 Å². The van der Waals surface area contributed by atoms with Crippen LogP contribution in [0.5, 0.6) is 0 Å². The van der Waals surface area contributed by atoms with Crippen molar-refractivity contribution >= 4 is 11.6 Å². The van der Waals surface area contributed by atoms with Crippen LogP contribution in [0.3, 0.4) is 0 Å². The molecule has 0 aliphatic rings. The summed E-state index contributed by atoms with van der Waals surface area (Å²) >= 11 is 0. The number of aromatic nitrogens is 2. The second-order valence-electron chi connectivity index (χ2n) is 4.17. The van der Waals surface area contributed by atoms with Gasteiger partial charge in [-0.25, -0.2) is 4.98 Å². The Balaban J connectivity index is 2.17. The molecule has 0 unspecified atom stereocenters. The monoisotopic (exact) mass is 244 g/mol. The molecule has 0 spiro atoms. The number of benzene rings is 1. The molecule has 18 heavy (non-hydrogen) atoms. The van der Waals surface area contributed by atoms with E-state index in [0.717, 1.165) is 22.6 Å². The second kappa shape index (κ2) is 4.91. The number of anilines is 1. The smallest absolute Gasteiger partial charge is 0.249 e. The van der Waals surface area contributed by atoms with Crippen LogP contribution in [0.2, 0.25) is 0 Å². The Bertz CT molecular complexity index is 574. The number of carbonyl (C=O) groups excluding carboxylic acids is 1. The third-order valence-electron chi connectivity index (χ3n) is 2.98. The number of nitrogens with two attached hydrogens (primary N) is 1. The maximum atomic E-state index is 11.2. The molecule has 5 heteroatoms. The molecule has 0 aliphatic heterocycles. The Morgan fingerprint density at radius 1 is 1.44 bits per heavy atom. The zero-order valence-corrected chi connectivity index (χ0v) is 10.4. The molecule has 0 aliphatic carbocycles. The van der Waals surface area contributed by atoms with Crippen LogP contribution < -0.4 is 11.1 Å². The van der Waals surface area contributed by atoms with Crippen molar-refractivity contribution in [3.05, 3.63) is 47.0 Å². The molecule has 0 fully saturated rings. The first kappa shape index (κ1) is 12.2. The maximum Gasteiger partial charge on any atom is 0.249 e. The molecule has 2 rings (SSSR count). The van der Waals surface area contributed by atoms with Crippen LogP contribution in [0.25, 0.3) is 0 Å². The van der Waals surface area contributed by atoms with Crippen molar-refractivity contribution in [2.24, 2.45) is 5.73 Å². The molecule has 0 saturated heterocycles. The lowest BCUT2D eigenvalue weighted by atomic mass is 10.1. The van der Waals surface area contributed by atoms with Crippen LogP contribution in [0.1, 0.15) is 27.3 Å². The maximum absolute atomic E-state index is 11.2. The van der Waals surface area contributed by atoms with Crippen LogP contribution >= 0.6 is 0 Å². The van der Waals surface area contributed by atoms with Crippen molar-refractivity contribution in [3.63, 3.8) is 0 Å². The van der Waals surface area contributed by atoms with E-state index in [2.05, 4.69) is 15.3 Å². The topological polar surface area (TPSA) is 83.8 Å². The number of hydrogen-bond donors (Lipinski definition) is 3. The molecule has 0 saturated carbocycles. The van der Waals surface area contributed by atoms with Crippen LogP contribution in [0, 0.1) is 13.8 Å². The van der Waals surface area contributed by atoms with Crippen molar-refractivity contribution in [1.82, 2.24) is 9.97 Å². The minimum absolute atomic E-state index is 0.410. The van der Waals surface area contributed by atoms with Gasteiger partial charge in [-0.2, -0.15) is 0 Å². The van der Waals surface area contributed by atoms with Crippen molar-refractivity contribution in [2.75, 3.05) is 5.32 Å². The van der Waals surface area contributed by atoms with Gasteiger partial charge in [0.1, 0.15) is 0 Å². The first-order valence-corrected chi connectivity index (χ1v) is 5.71. The number of primary amides is 1. The van der Waals surface area contributed by atoms with Gasteiger partial charge in [-0.1, -0.05) is 6.07 Å². The van der Waals surface area contributed by atoms with Crippen molar-refractivity contribution in [3.8, 4) is 0 Å². The van der Waals surface area contributed by atoms with Crippen LogP contribution in [0.15, 0.2) is 24.5 Å². The number of aromatic amines is 1. The van der Waals surface area contributed by atoms with Crippen molar-refractivity contribution < 1.29 is 4.79 Å². The molecule has 1 heterocycles. The van der Waals surface area contributed by atoms with E-state index in [1.165, 1.54) is 0 Å². The van der Waals surface area contributed by atoms with E-state index in [1.807, 2.05) is 26.0 Å². The molecule has 0 atom stereocenters. The number of H-pyrrole nitrogens is 1. The Hall–Kier alpha value is -2.30. The quantitative estimate of drug-likeness (QED) is 0.766. The van der Waals surface area contributed by atoms with Gasteiger partial charge in [-0.05, 0) is 31.5 Å². The number of nitrogens with one attached hydrogen (secondary N) is 2. The van der Waals surface area contributed by atoms with Gasteiger partial charge in [-0.3, -0.25) is 4.79 Å². The molecule has 1 aromatic carbocycles. The highest BCUT2D eigenvalue weighted by atomic mass is 16.1. The Morgan fingerprint density at radius 3 is 2.83 bits per heavy atom. The zero-order valence-electron chi connectivity index (χ0n) is 10.4. The van der Waals surface area contributed by atoms with E-state index in [4.69, 9.17) is 5.73 Å². The van der Waals surface area contributed by atoms with Crippen LogP contribution in [-0.2, 0) is 6.54 Å². The fourth-order valence-corrected chi connectivity index (χ4v) is 1.84. The van der Waals surface area contributed by atoms with Crippen LogP contribution in [0.4, 0.5) is 5.69 Å². The molecule has 0 radical (unpaired) electrons. The third kappa shape index (κ3) is 2.34. The largest absolute Gasteiger partial charge is 0.379 e. The molecule has 5 nitrogen and oxygen atoms in total. The predicted molar refractivity (Wildman–Crippen MR) is 70.3 cm³/mol. The molecule has 94 valence electrons. The molecule has 0 bridgehead atoms. The standard InChI is InChI=1S/C13H16N4O/c1-8-10(13(14)18)4-3-5-11(8)15-6-12-9(2)16-7-17-12/h3-5,7,15H,6H2,1-2H3,(H2,14,18)(H,16,17). The average molecular weight is 244 g/mol. The SMILES string of the molecule is Cc1[nH]cnc1CNc1cccc(C(N)=O)c1C. The highest BCUT2D eigenvalue weighted by molar-refractivity contribution is 5.95. The van der Waals surface area contributed by atoms with E-state index in [9.17, 15) is 4.79 Å². The predicted octanol–water partition coefficient (Wildman–Crippen LogP) is 1.74. The number of carbonyl (C=O) groups is 1. The summed E-state index contributed by atoms with van der Waals surface area (Å²) in [7, 11) is 0. The first-order chi connectivity index (χ1) is 8.59. The summed E-state index contributed by atoms with van der Waals surface area (Å²) in [5, 5.41) is 3.26. The summed E-state index contributed by atoms with van der Waals surface area (Å²) in [6, 6.07) is 5.46. The number of amides is 1. The number of hydrogen-bond acceptors (Lipinski definition) is 3. The lowest BCUT2D eigenvalue weighted by Crippen LogP contribution is -2.14. The third-order valence-corrected chi connectivity index (χ3v) is 2.98. The summed E-state index contributed by atoms with van der Waals surface area (Å²) in [4.78, 5) is 18.5. The fourth-order valence-electron chi connectivity index (χ4n) is 1.84. The lowest BCUT2D eigenvalue weighted by Gasteiger charge is -2.11. The zero-order chi connectivity index (χ0) is 13.1. The average Bonchev–Trinajstić information content (AvgIpc) is 2.73. The normalized spacial score (nSPS) is 10.3. The van der Waals surface area contributed by atoms with Gasteiger partial charge in [0.15, 0.2) is 0 Å². The van der Waals surface area contributed by atoms with E-state index >= 15 is 0 Å². The lowest BCUT2D eigenvalue weighted by molar-refractivity contribution is 0.1000. The van der Waals surface area contributed by atoms with Gasteiger partial charge in [-0.15, -0.1) is 0 Å². The first-order valence-electron chi connectivity index (χ1n) is 5.71. The minimum Gasteiger partial charge on any atom is -0.379 e. The highest BCUT2D eigenvalue weighted by Gasteiger charge is 2.08. The number of nitrogens with zero attached hydrogens (tertiary/aromatic N) is 1. The number of rotatable bonds is 4. The molecule has 1 amide bonds. The molecular weight excluding hydrogens is 228 g/mol. The van der Waals surface area contributed by atoms with E-state index in [0.29, 0.717) is 12.1 Å². The van der Waals surface area contributed by atoms with Gasteiger partial charge in [0, 0.05) is 16.9 Å². The Morgan fingerprint density at radius 2 is 2.22 bits per heavy atom. The summed E-state index contributed by atoms with van der Waals surface area (Å²) < 4.78 is 0. The second-order valence-corrected chi connectivity index (χ2v) is 4.17. The molecule has 1 aromatic heterocycles. The summed E-state index contributed by atoms with van der Waals surface area (Å²) in [6.45, 7) is 4.45. The highest BCUT2D eigenvalue weighted by Crippen LogP contribution is 2.19. The van der Waals surface area contributed by atoms with E-state index < -0.39 is 5.91 Å². The Labute approximate surface area is 105 Å². The van der Waals surface area contributed by atoms with Gasteiger partial charge in [0.2, 0.25) is 5.91 Å². The summed E-state index contributed by atoms with van der Waals surface area (Å²) in [5.74, 6) is -0.410. The Kier molecular flexibility index (Phi) is 3.32. The van der Waals surface area contributed by atoms with Gasteiger partial charge < -0.3 is 16.0 Å². The van der Waals surface area contributed by atoms with Crippen LogP contribution in [-0.4, -0.2) is 15.9 Å².